The molecular formula is C15H16N2O2S. The maximum absolute atomic E-state index is 10.7. The lowest BCUT2D eigenvalue weighted by Gasteiger charge is -2.09. The molecule has 0 aliphatic heterocycles. The number of carboxylic acid groups (broad SMARTS) is 1. The van der Waals surface area contributed by atoms with Crippen LogP contribution in [-0.2, 0) is 4.79 Å². The van der Waals surface area contributed by atoms with Crippen molar-refractivity contribution in [3.8, 4) is 0 Å². The van der Waals surface area contributed by atoms with Gasteiger partial charge in [0.1, 0.15) is 0 Å². The van der Waals surface area contributed by atoms with Gasteiger partial charge < -0.3 is 9.67 Å². The van der Waals surface area contributed by atoms with Gasteiger partial charge in [-0.3, -0.25) is 4.79 Å². The lowest BCUT2D eigenvalue weighted by atomic mass is 10.1. The van der Waals surface area contributed by atoms with Crippen molar-refractivity contribution in [2.75, 3.05) is 5.75 Å². The molecule has 4 nitrogen and oxygen atoms in total. The number of hydrogen-bond acceptors (Lipinski definition) is 3. The first-order valence-electron chi connectivity index (χ1n) is 6.60. The minimum absolute atomic E-state index is 0.0547. The third-order valence-corrected chi connectivity index (χ3v) is 4.54. The van der Waals surface area contributed by atoms with E-state index in [0.29, 0.717) is 12.0 Å². The van der Waals surface area contributed by atoms with Gasteiger partial charge in [-0.25, -0.2) is 4.98 Å². The summed E-state index contributed by atoms with van der Waals surface area (Å²) < 4.78 is 2.19. The standard InChI is InChI=1S/C15H16N2O2S/c1-10-8-16-15(20-9-14(18)19)17(10)13-7-12(13)11-5-3-2-4-6-11/h2-6,8,12-13H,7,9H2,1H3,(H,18,19). The molecule has 0 bridgehead atoms. The SMILES string of the molecule is Cc1cnc(SCC(=O)O)n1C1CC1c1ccccc1. The van der Waals surface area contributed by atoms with Crippen molar-refractivity contribution in [1.29, 1.82) is 0 Å². The largest absolute Gasteiger partial charge is 0.481 e. The number of thioether (sulfide) groups is 1. The maximum atomic E-state index is 10.7. The zero-order valence-electron chi connectivity index (χ0n) is 11.2. The number of aryl methyl sites for hydroxylation is 1. The van der Waals surface area contributed by atoms with E-state index in [4.69, 9.17) is 5.11 Å². The smallest absolute Gasteiger partial charge is 0.313 e. The molecule has 0 saturated heterocycles. The second kappa shape index (κ2) is 5.32. The molecule has 104 valence electrons. The molecule has 0 spiro atoms. The molecule has 1 fully saturated rings. The molecule has 1 aromatic heterocycles. The van der Waals surface area contributed by atoms with Gasteiger partial charge in [-0.05, 0) is 18.9 Å². The Morgan fingerprint density at radius 2 is 2.20 bits per heavy atom. The van der Waals surface area contributed by atoms with Crippen LogP contribution in [0.5, 0.6) is 0 Å². The maximum Gasteiger partial charge on any atom is 0.313 e. The lowest BCUT2D eigenvalue weighted by Crippen LogP contribution is -2.04. The fraction of sp³-hybridized carbons (Fsp3) is 0.333. The van der Waals surface area contributed by atoms with Gasteiger partial charge >= 0.3 is 5.97 Å². The van der Waals surface area contributed by atoms with Gasteiger partial charge in [-0.1, -0.05) is 42.1 Å². The summed E-state index contributed by atoms with van der Waals surface area (Å²) >= 11 is 1.29. The summed E-state index contributed by atoms with van der Waals surface area (Å²) in [7, 11) is 0. The fourth-order valence-corrected chi connectivity index (χ4v) is 3.38. The highest BCUT2D eigenvalue weighted by molar-refractivity contribution is 7.99. The Labute approximate surface area is 121 Å². The molecule has 2 unspecified atom stereocenters. The van der Waals surface area contributed by atoms with Gasteiger partial charge in [0.05, 0.1) is 5.75 Å². The predicted octanol–water partition coefficient (Wildman–Crippen LogP) is 3.10. The van der Waals surface area contributed by atoms with Crippen molar-refractivity contribution in [2.24, 2.45) is 0 Å². The fourth-order valence-electron chi connectivity index (χ4n) is 2.59. The van der Waals surface area contributed by atoms with E-state index in [1.165, 1.54) is 17.3 Å². The lowest BCUT2D eigenvalue weighted by molar-refractivity contribution is -0.133. The minimum atomic E-state index is -0.808. The van der Waals surface area contributed by atoms with Gasteiger partial charge in [0, 0.05) is 23.9 Å². The Morgan fingerprint density at radius 1 is 1.45 bits per heavy atom. The topological polar surface area (TPSA) is 55.1 Å². The number of nitrogens with zero attached hydrogens (tertiary/aromatic N) is 2. The normalized spacial score (nSPS) is 20.9. The van der Waals surface area contributed by atoms with Crippen LogP contribution in [0.3, 0.4) is 0 Å². The molecule has 1 heterocycles. The van der Waals surface area contributed by atoms with Crippen LogP contribution >= 0.6 is 11.8 Å². The Hall–Kier alpha value is -1.75. The van der Waals surface area contributed by atoms with Crippen LogP contribution in [-0.4, -0.2) is 26.4 Å². The van der Waals surface area contributed by atoms with Crippen molar-refractivity contribution in [1.82, 2.24) is 9.55 Å². The monoisotopic (exact) mass is 288 g/mol. The van der Waals surface area contributed by atoms with Crippen molar-refractivity contribution in [2.45, 2.75) is 30.5 Å². The number of carboxylic acids is 1. The van der Waals surface area contributed by atoms with E-state index in [2.05, 4.69) is 33.8 Å². The van der Waals surface area contributed by atoms with Gasteiger partial charge in [-0.15, -0.1) is 0 Å². The average Bonchev–Trinajstić information content (AvgIpc) is 3.14. The second-order valence-electron chi connectivity index (χ2n) is 5.05. The first kappa shape index (κ1) is 13.2. The Balaban J connectivity index is 1.78. The highest BCUT2D eigenvalue weighted by atomic mass is 32.2. The van der Waals surface area contributed by atoms with Crippen LogP contribution in [0.4, 0.5) is 0 Å². The van der Waals surface area contributed by atoms with E-state index in [1.54, 1.807) is 0 Å². The molecule has 1 saturated carbocycles. The average molecular weight is 288 g/mol. The quantitative estimate of drug-likeness (QED) is 0.859. The minimum Gasteiger partial charge on any atom is -0.481 e. The first-order chi connectivity index (χ1) is 9.66. The number of carbonyl (C=O) groups is 1. The number of rotatable bonds is 5. The summed E-state index contributed by atoms with van der Waals surface area (Å²) in [5, 5.41) is 9.61. The number of aromatic nitrogens is 2. The summed E-state index contributed by atoms with van der Waals surface area (Å²) in [6, 6.07) is 10.9. The molecule has 20 heavy (non-hydrogen) atoms. The van der Waals surface area contributed by atoms with Crippen molar-refractivity contribution in [3.05, 3.63) is 47.8 Å². The summed E-state index contributed by atoms with van der Waals surface area (Å²) in [4.78, 5) is 15.0. The predicted molar refractivity (Wildman–Crippen MR) is 78.2 cm³/mol. The van der Waals surface area contributed by atoms with E-state index in [-0.39, 0.29) is 5.75 Å². The van der Waals surface area contributed by atoms with Crippen molar-refractivity contribution >= 4 is 17.7 Å². The molecule has 1 N–H and O–H groups in total. The molecule has 2 atom stereocenters. The zero-order chi connectivity index (χ0) is 14.1. The zero-order valence-corrected chi connectivity index (χ0v) is 12.0. The molecule has 1 aliphatic rings. The number of hydrogen-bond donors (Lipinski definition) is 1. The summed E-state index contributed by atoms with van der Waals surface area (Å²) in [6.07, 6.45) is 2.92. The number of aliphatic carboxylic acids is 1. The van der Waals surface area contributed by atoms with Gasteiger partial charge in [-0.2, -0.15) is 0 Å². The van der Waals surface area contributed by atoms with Crippen LogP contribution in [0.15, 0.2) is 41.7 Å². The van der Waals surface area contributed by atoms with E-state index in [0.717, 1.165) is 17.3 Å². The Kier molecular flexibility index (Phi) is 3.53. The second-order valence-corrected chi connectivity index (χ2v) is 6.00. The third kappa shape index (κ3) is 2.58. The first-order valence-corrected chi connectivity index (χ1v) is 7.58. The van der Waals surface area contributed by atoms with E-state index in [9.17, 15) is 4.79 Å². The summed E-state index contributed by atoms with van der Waals surface area (Å²) in [6.45, 7) is 2.03. The highest BCUT2D eigenvalue weighted by Gasteiger charge is 2.41. The van der Waals surface area contributed by atoms with E-state index >= 15 is 0 Å². The molecule has 3 rings (SSSR count). The summed E-state index contributed by atoms with van der Waals surface area (Å²) in [5.41, 5.74) is 2.45. The highest BCUT2D eigenvalue weighted by Crippen LogP contribution is 2.52. The molecule has 1 aromatic carbocycles. The Morgan fingerprint density at radius 3 is 2.90 bits per heavy atom. The third-order valence-electron chi connectivity index (χ3n) is 3.59. The van der Waals surface area contributed by atoms with Crippen molar-refractivity contribution in [3.63, 3.8) is 0 Å². The number of benzene rings is 1. The van der Waals surface area contributed by atoms with E-state index in [1.807, 2.05) is 19.2 Å². The molecule has 5 heteroatoms. The van der Waals surface area contributed by atoms with Gasteiger partial charge in [0.15, 0.2) is 5.16 Å². The number of imidazole rings is 1. The van der Waals surface area contributed by atoms with Crippen LogP contribution in [0.2, 0.25) is 0 Å². The van der Waals surface area contributed by atoms with Crippen LogP contribution in [0, 0.1) is 6.92 Å². The van der Waals surface area contributed by atoms with Gasteiger partial charge in [0.25, 0.3) is 0 Å². The molecule has 0 amide bonds. The Bertz CT molecular complexity index is 624. The molecule has 0 radical (unpaired) electrons. The van der Waals surface area contributed by atoms with Crippen LogP contribution in [0.25, 0.3) is 0 Å². The summed E-state index contributed by atoms with van der Waals surface area (Å²) in [5.74, 6) is -0.231. The van der Waals surface area contributed by atoms with E-state index < -0.39 is 5.97 Å². The molecule has 1 aliphatic carbocycles. The molecule has 2 aromatic rings. The molecular weight excluding hydrogens is 272 g/mol. The van der Waals surface area contributed by atoms with Crippen molar-refractivity contribution < 1.29 is 9.90 Å². The van der Waals surface area contributed by atoms with Crippen LogP contribution < -0.4 is 0 Å². The van der Waals surface area contributed by atoms with Crippen LogP contribution in [0.1, 0.15) is 29.6 Å². The van der Waals surface area contributed by atoms with Gasteiger partial charge in [0.2, 0.25) is 0 Å².